The minimum Gasteiger partial charge on any atom is -0.362 e. The second-order valence-corrected chi connectivity index (χ2v) is 7.61. The maximum atomic E-state index is 4.48. The molecule has 1 N–H and O–H groups in total. The molecule has 0 saturated carbocycles. The highest BCUT2D eigenvalue weighted by atomic mass is 15.2. The van der Waals surface area contributed by atoms with Crippen LogP contribution in [0, 0.1) is 0 Å². The van der Waals surface area contributed by atoms with E-state index >= 15 is 0 Å². The van der Waals surface area contributed by atoms with Gasteiger partial charge < -0.3 is 5.32 Å². The lowest BCUT2D eigenvalue weighted by Gasteiger charge is -2.19. The van der Waals surface area contributed by atoms with E-state index in [-0.39, 0.29) is 0 Å². The zero-order valence-corrected chi connectivity index (χ0v) is 20.6. The molecule has 0 unspecified atom stereocenters. The van der Waals surface area contributed by atoms with E-state index in [1.807, 2.05) is 31.5 Å². The monoisotopic (exact) mass is 413 g/mol. The molecule has 0 bridgehead atoms. The number of nitrogens with zero attached hydrogens (tertiary/aromatic N) is 2. The number of likely N-dealkylation sites (N-methyl/N-ethyl adjacent to an activating group) is 1. The molecule has 0 amide bonds. The van der Waals surface area contributed by atoms with Crippen LogP contribution in [0.2, 0.25) is 0 Å². The molecule has 30 heavy (non-hydrogen) atoms. The molecule has 0 fully saturated rings. The minimum atomic E-state index is 0.754. The lowest BCUT2D eigenvalue weighted by molar-refractivity contribution is 0.330. The molecule has 3 heteroatoms. The quantitative estimate of drug-likeness (QED) is 0.151. The van der Waals surface area contributed by atoms with Crippen molar-refractivity contribution in [1.29, 1.82) is 0 Å². The summed E-state index contributed by atoms with van der Waals surface area (Å²) in [5.74, 6) is 0. The molecule has 0 heterocycles. The molecule has 0 radical (unpaired) electrons. The van der Waals surface area contributed by atoms with Crippen molar-refractivity contribution in [2.24, 2.45) is 4.99 Å². The van der Waals surface area contributed by atoms with E-state index in [1.54, 1.807) is 0 Å². The third kappa shape index (κ3) is 12.6. The van der Waals surface area contributed by atoms with E-state index in [9.17, 15) is 0 Å². The Labute approximate surface area is 187 Å². The van der Waals surface area contributed by atoms with Crippen molar-refractivity contribution in [2.45, 2.75) is 86.5 Å². The van der Waals surface area contributed by atoms with Gasteiger partial charge in [0.25, 0.3) is 0 Å². The van der Waals surface area contributed by atoms with Crippen molar-refractivity contribution in [3.8, 4) is 0 Å². The van der Waals surface area contributed by atoms with Crippen LogP contribution in [0.4, 0.5) is 0 Å². The first kappa shape index (κ1) is 28.1. The molecule has 3 nitrogen and oxygen atoms in total. The third-order valence-corrected chi connectivity index (χ3v) is 5.29. The molecule has 0 saturated heterocycles. The van der Waals surface area contributed by atoms with Gasteiger partial charge in [-0.1, -0.05) is 64.5 Å². The van der Waals surface area contributed by atoms with Gasteiger partial charge in [-0.15, -0.1) is 0 Å². The van der Waals surface area contributed by atoms with Crippen LogP contribution in [0.25, 0.3) is 0 Å². The largest absolute Gasteiger partial charge is 0.362 e. The Kier molecular flexibility index (Phi) is 17.9. The summed E-state index contributed by atoms with van der Waals surface area (Å²) in [5, 5.41) is 3.44. The number of hydrogen-bond donors (Lipinski definition) is 1. The number of rotatable bonds is 17. The van der Waals surface area contributed by atoms with Crippen molar-refractivity contribution in [1.82, 2.24) is 10.2 Å². The third-order valence-electron chi connectivity index (χ3n) is 5.29. The Bertz CT molecular complexity index is 606. The van der Waals surface area contributed by atoms with Crippen molar-refractivity contribution >= 4 is 6.21 Å². The minimum absolute atomic E-state index is 0.754. The first-order valence-electron chi connectivity index (χ1n) is 11.9. The van der Waals surface area contributed by atoms with Crippen LogP contribution in [-0.2, 0) is 0 Å². The van der Waals surface area contributed by atoms with Crippen LogP contribution in [0.5, 0.6) is 0 Å². The lowest BCUT2D eigenvalue weighted by Crippen LogP contribution is -2.23. The molecule has 0 spiro atoms. The normalized spacial score (nSPS) is 14.1. The van der Waals surface area contributed by atoms with E-state index < -0.39 is 0 Å². The fourth-order valence-electron chi connectivity index (χ4n) is 3.36. The number of nitrogens with one attached hydrogen (secondary N) is 1. The zero-order valence-electron chi connectivity index (χ0n) is 20.6. The second-order valence-electron chi connectivity index (χ2n) is 7.61. The summed E-state index contributed by atoms with van der Waals surface area (Å²) in [7, 11) is 0. The first-order valence-corrected chi connectivity index (χ1v) is 11.9. The summed E-state index contributed by atoms with van der Waals surface area (Å²) >= 11 is 0. The van der Waals surface area contributed by atoms with Crippen LogP contribution >= 0.6 is 0 Å². The predicted octanol–water partition coefficient (Wildman–Crippen LogP) is 7.56. The van der Waals surface area contributed by atoms with E-state index in [2.05, 4.69) is 68.6 Å². The Morgan fingerprint density at radius 1 is 1.07 bits per heavy atom. The van der Waals surface area contributed by atoms with Crippen LogP contribution in [0.1, 0.15) is 86.5 Å². The maximum Gasteiger partial charge on any atom is 0.0911 e. The van der Waals surface area contributed by atoms with Gasteiger partial charge in [0.15, 0.2) is 0 Å². The van der Waals surface area contributed by atoms with Crippen LogP contribution in [0.3, 0.4) is 0 Å². The molecule has 0 aromatic heterocycles. The SMILES string of the molecule is C=CNC(/C(C)=C\CC)=C(\CCCC)CC/C(=C\CN(CC)CN=C/C=C\C)CC. The smallest absolute Gasteiger partial charge is 0.0911 e. The molecule has 0 rings (SSSR count). The molecule has 0 aliphatic rings. The topological polar surface area (TPSA) is 27.6 Å². The van der Waals surface area contributed by atoms with Gasteiger partial charge in [0.2, 0.25) is 0 Å². The summed E-state index contributed by atoms with van der Waals surface area (Å²) < 4.78 is 0. The van der Waals surface area contributed by atoms with Crippen molar-refractivity contribution < 1.29 is 0 Å². The summed E-state index contributed by atoms with van der Waals surface area (Å²) in [5.41, 5.74) is 5.68. The Morgan fingerprint density at radius 3 is 2.40 bits per heavy atom. The Morgan fingerprint density at radius 2 is 1.83 bits per heavy atom. The van der Waals surface area contributed by atoms with Gasteiger partial charge in [-0.2, -0.15) is 0 Å². The highest BCUT2D eigenvalue weighted by Crippen LogP contribution is 2.25. The van der Waals surface area contributed by atoms with Gasteiger partial charge in [0.05, 0.1) is 6.67 Å². The van der Waals surface area contributed by atoms with Gasteiger partial charge in [-0.3, -0.25) is 9.89 Å². The van der Waals surface area contributed by atoms with Gasteiger partial charge >= 0.3 is 0 Å². The summed E-state index contributed by atoms with van der Waals surface area (Å²) in [6, 6.07) is 0. The van der Waals surface area contributed by atoms with Crippen molar-refractivity contribution in [3.63, 3.8) is 0 Å². The van der Waals surface area contributed by atoms with Crippen molar-refractivity contribution in [3.05, 3.63) is 59.5 Å². The molecular weight excluding hydrogens is 366 g/mol. The highest BCUT2D eigenvalue weighted by molar-refractivity contribution is 5.70. The van der Waals surface area contributed by atoms with Gasteiger partial charge in [-0.05, 0) is 82.3 Å². The van der Waals surface area contributed by atoms with E-state index in [4.69, 9.17) is 0 Å². The molecular formula is C27H47N3. The summed E-state index contributed by atoms with van der Waals surface area (Å²) in [6.07, 6.45) is 20.4. The Hall–Kier alpha value is -1.87. The fraction of sp³-hybridized carbons (Fsp3) is 0.593. The molecule has 0 aromatic rings. The Balaban J connectivity index is 5.30. The van der Waals surface area contributed by atoms with Gasteiger partial charge in [0.1, 0.15) is 0 Å². The van der Waals surface area contributed by atoms with Gasteiger partial charge in [0, 0.05) is 18.5 Å². The van der Waals surface area contributed by atoms with Crippen LogP contribution in [0.15, 0.2) is 64.5 Å². The average Bonchev–Trinajstić information content (AvgIpc) is 2.75. The maximum absolute atomic E-state index is 4.48. The van der Waals surface area contributed by atoms with Crippen LogP contribution < -0.4 is 5.32 Å². The summed E-state index contributed by atoms with van der Waals surface area (Å²) in [4.78, 5) is 6.84. The van der Waals surface area contributed by atoms with Crippen LogP contribution in [-0.4, -0.2) is 30.9 Å². The predicted molar refractivity (Wildman–Crippen MR) is 137 cm³/mol. The standard InChI is InChI=1S/C27H47N3/c1-8-14-17-26(27(29-12-5)24(7)16-10-3)19-18-25(11-4)20-22-30(13-6)23-28-21-15-9-2/h9,12,15-16,20-21,29H,5,8,10-11,13-14,17-19,22-23H2,1-4,6-7H3/b15-9-,24-16-,25-20-,27-26+,28-21?. The molecule has 0 atom stereocenters. The van der Waals surface area contributed by atoms with E-state index in [0.29, 0.717) is 0 Å². The number of hydrogen-bond acceptors (Lipinski definition) is 3. The number of unbranched alkanes of at least 4 members (excludes halogenated alkanes) is 1. The fourth-order valence-corrected chi connectivity index (χ4v) is 3.36. The average molecular weight is 414 g/mol. The first-order chi connectivity index (χ1) is 14.6. The molecule has 0 aliphatic heterocycles. The van der Waals surface area contributed by atoms with Gasteiger partial charge in [-0.25, -0.2) is 0 Å². The van der Waals surface area contributed by atoms with E-state index in [0.717, 1.165) is 51.9 Å². The number of aliphatic imine (C=N–C) groups is 1. The zero-order chi connectivity index (χ0) is 22.6. The van der Waals surface area contributed by atoms with E-state index in [1.165, 1.54) is 35.3 Å². The second kappa shape index (κ2) is 19.1. The highest BCUT2D eigenvalue weighted by Gasteiger charge is 2.09. The molecule has 170 valence electrons. The lowest BCUT2D eigenvalue weighted by atomic mass is 9.94. The molecule has 0 aromatic carbocycles. The van der Waals surface area contributed by atoms with Crippen molar-refractivity contribution in [2.75, 3.05) is 19.8 Å². The number of allylic oxidation sites excluding steroid dienone is 6. The summed E-state index contributed by atoms with van der Waals surface area (Å²) in [6.45, 7) is 19.8. The molecule has 0 aliphatic carbocycles.